The minimum absolute atomic E-state index is 0.0687. The second kappa shape index (κ2) is 6.68. The molecule has 0 bridgehead atoms. The minimum atomic E-state index is 0.0687. The van der Waals surface area contributed by atoms with Crippen molar-refractivity contribution in [2.24, 2.45) is 0 Å². The third kappa shape index (κ3) is 3.98. The molecular weight excluding hydrogens is 196 g/mol. The Bertz CT molecular complexity index is 311. The molecule has 1 rings (SSSR count). The summed E-state index contributed by atoms with van der Waals surface area (Å²) in [5, 5.41) is 3.28. The van der Waals surface area contributed by atoms with Crippen molar-refractivity contribution in [1.82, 2.24) is 9.88 Å². The number of hydrogen-bond donors (Lipinski definition) is 1. The van der Waals surface area contributed by atoms with Crippen molar-refractivity contribution < 1.29 is 0 Å². The van der Waals surface area contributed by atoms with Gasteiger partial charge in [-0.15, -0.1) is 0 Å². The molecule has 0 aromatic carbocycles. The number of pyridine rings is 1. The number of nitrogens with one attached hydrogen (secondary N) is 1. The lowest BCUT2D eigenvalue weighted by atomic mass is 10.4. The van der Waals surface area contributed by atoms with Gasteiger partial charge in [0.15, 0.2) is 0 Å². The van der Waals surface area contributed by atoms with Crippen LogP contribution in [-0.2, 0) is 6.54 Å². The van der Waals surface area contributed by atoms with E-state index in [2.05, 4.69) is 11.6 Å². The highest BCUT2D eigenvalue weighted by Gasteiger charge is 1.92. The van der Waals surface area contributed by atoms with E-state index in [4.69, 9.17) is 0 Å². The quantitative estimate of drug-likeness (QED) is 0.708. The lowest BCUT2D eigenvalue weighted by Crippen LogP contribution is -2.27. The zero-order chi connectivity index (χ0) is 10.2. The number of thioether (sulfide) groups is 1. The van der Waals surface area contributed by atoms with Gasteiger partial charge in [0.2, 0.25) is 0 Å². The second-order valence-electron chi connectivity index (χ2n) is 2.98. The highest BCUT2D eigenvalue weighted by molar-refractivity contribution is 7.98. The zero-order valence-corrected chi connectivity index (χ0v) is 9.22. The predicted octanol–water partition coefficient (Wildman–Crippen LogP) is 0.801. The Hall–Kier alpha value is -0.740. The van der Waals surface area contributed by atoms with Crippen molar-refractivity contribution in [3.63, 3.8) is 0 Å². The molecule has 14 heavy (non-hydrogen) atoms. The maximum absolute atomic E-state index is 11.3. The van der Waals surface area contributed by atoms with Crippen molar-refractivity contribution in [3.8, 4) is 0 Å². The van der Waals surface area contributed by atoms with Crippen LogP contribution in [0.4, 0.5) is 0 Å². The van der Waals surface area contributed by atoms with Crippen molar-refractivity contribution in [1.29, 1.82) is 0 Å². The van der Waals surface area contributed by atoms with Crippen LogP contribution in [0, 0.1) is 0 Å². The lowest BCUT2D eigenvalue weighted by molar-refractivity contribution is 0.601. The largest absolute Gasteiger partial charge is 0.314 e. The van der Waals surface area contributed by atoms with Crippen LogP contribution in [0.3, 0.4) is 0 Å². The van der Waals surface area contributed by atoms with Crippen LogP contribution in [0.2, 0.25) is 0 Å². The van der Waals surface area contributed by atoms with Gasteiger partial charge < -0.3 is 9.88 Å². The normalized spacial score (nSPS) is 10.4. The molecule has 0 saturated heterocycles. The van der Waals surface area contributed by atoms with E-state index in [9.17, 15) is 4.79 Å². The monoisotopic (exact) mass is 212 g/mol. The molecular formula is C10H16N2OS. The standard InChI is InChI=1S/C10H16N2OS/c1-14-9-6-11-5-8-12-7-3-2-4-10(12)13/h2-4,7,11H,5-6,8-9H2,1H3. The van der Waals surface area contributed by atoms with E-state index in [0.717, 1.165) is 25.4 Å². The maximum Gasteiger partial charge on any atom is 0.250 e. The molecule has 0 fully saturated rings. The molecule has 1 heterocycles. The van der Waals surface area contributed by atoms with Crippen LogP contribution < -0.4 is 10.9 Å². The van der Waals surface area contributed by atoms with E-state index in [1.807, 2.05) is 24.0 Å². The number of rotatable bonds is 6. The number of nitrogens with zero attached hydrogens (tertiary/aromatic N) is 1. The van der Waals surface area contributed by atoms with E-state index in [-0.39, 0.29) is 5.56 Å². The van der Waals surface area contributed by atoms with Crippen LogP contribution in [-0.4, -0.2) is 29.7 Å². The van der Waals surface area contributed by atoms with Gasteiger partial charge in [0.05, 0.1) is 0 Å². The van der Waals surface area contributed by atoms with Gasteiger partial charge in [-0.1, -0.05) is 6.07 Å². The first kappa shape index (κ1) is 11.3. The molecule has 0 spiro atoms. The van der Waals surface area contributed by atoms with E-state index < -0.39 is 0 Å². The second-order valence-corrected chi connectivity index (χ2v) is 3.96. The molecule has 4 heteroatoms. The van der Waals surface area contributed by atoms with Crippen molar-refractivity contribution in [2.75, 3.05) is 25.1 Å². The summed E-state index contributed by atoms with van der Waals surface area (Å²) in [6, 6.07) is 5.23. The summed E-state index contributed by atoms with van der Waals surface area (Å²) in [5.74, 6) is 1.11. The Kier molecular flexibility index (Phi) is 5.40. The topological polar surface area (TPSA) is 34.0 Å². The van der Waals surface area contributed by atoms with E-state index in [0.29, 0.717) is 0 Å². The molecule has 3 nitrogen and oxygen atoms in total. The van der Waals surface area contributed by atoms with Crippen molar-refractivity contribution in [2.45, 2.75) is 6.54 Å². The predicted molar refractivity (Wildman–Crippen MR) is 62.0 cm³/mol. The zero-order valence-electron chi connectivity index (χ0n) is 8.40. The van der Waals surface area contributed by atoms with Crippen LogP contribution in [0.1, 0.15) is 0 Å². The van der Waals surface area contributed by atoms with Crippen LogP contribution in [0.5, 0.6) is 0 Å². The van der Waals surface area contributed by atoms with Gasteiger partial charge in [-0.2, -0.15) is 11.8 Å². The van der Waals surface area contributed by atoms with Gasteiger partial charge in [-0.05, 0) is 12.3 Å². The average molecular weight is 212 g/mol. The SMILES string of the molecule is CSCCNCCn1ccccc1=O. The first-order valence-electron chi connectivity index (χ1n) is 4.69. The summed E-state index contributed by atoms with van der Waals surface area (Å²) < 4.78 is 1.71. The summed E-state index contributed by atoms with van der Waals surface area (Å²) in [7, 11) is 0. The molecule has 0 aliphatic heterocycles. The highest BCUT2D eigenvalue weighted by Crippen LogP contribution is 1.87. The average Bonchev–Trinajstić information content (AvgIpc) is 2.20. The Morgan fingerprint density at radius 3 is 3.00 bits per heavy atom. The molecule has 0 atom stereocenters. The summed E-state index contributed by atoms with van der Waals surface area (Å²) in [6.07, 6.45) is 3.90. The summed E-state index contributed by atoms with van der Waals surface area (Å²) in [6.45, 7) is 2.60. The Labute approximate surface area is 88.5 Å². The summed E-state index contributed by atoms with van der Waals surface area (Å²) >= 11 is 1.82. The molecule has 1 aromatic heterocycles. The Balaban J connectivity index is 2.25. The van der Waals surface area contributed by atoms with Gasteiger partial charge >= 0.3 is 0 Å². The molecule has 0 aliphatic rings. The smallest absolute Gasteiger partial charge is 0.250 e. The van der Waals surface area contributed by atoms with E-state index in [1.54, 1.807) is 16.7 Å². The minimum Gasteiger partial charge on any atom is -0.314 e. The maximum atomic E-state index is 11.3. The first-order chi connectivity index (χ1) is 6.84. The van der Waals surface area contributed by atoms with Crippen molar-refractivity contribution >= 4 is 11.8 Å². The third-order valence-corrected chi connectivity index (χ3v) is 2.52. The van der Waals surface area contributed by atoms with Crippen LogP contribution in [0.25, 0.3) is 0 Å². The molecule has 0 aliphatic carbocycles. The van der Waals surface area contributed by atoms with Gasteiger partial charge in [0, 0.05) is 37.7 Å². The van der Waals surface area contributed by atoms with E-state index in [1.165, 1.54) is 0 Å². The molecule has 0 radical (unpaired) electrons. The fourth-order valence-corrected chi connectivity index (χ4v) is 1.49. The molecule has 78 valence electrons. The fraction of sp³-hybridized carbons (Fsp3) is 0.500. The van der Waals surface area contributed by atoms with Gasteiger partial charge in [0.1, 0.15) is 0 Å². The fourth-order valence-electron chi connectivity index (χ4n) is 1.14. The molecule has 1 N–H and O–H groups in total. The van der Waals surface area contributed by atoms with Crippen molar-refractivity contribution in [3.05, 3.63) is 34.7 Å². The number of aromatic nitrogens is 1. The molecule has 0 amide bonds. The van der Waals surface area contributed by atoms with Crippen LogP contribution in [0.15, 0.2) is 29.2 Å². The van der Waals surface area contributed by atoms with Crippen LogP contribution >= 0.6 is 11.8 Å². The Morgan fingerprint density at radius 2 is 2.29 bits per heavy atom. The lowest BCUT2D eigenvalue weighted by Gasteiger charge is -2.05. The first-order valence-corrected chi connectivity index (χ1v) is 6.09. The van der Waals surface area contributed by atoms with Gasteiger partial charge in [-0.25, -0.2) is 0 Å². The summed E-state index contributed by atoms with van der Waals surface area (Å²) in [5.41, 5.74) is 0.0687. The number of hydrogen-bond acceptors (Lipinski definition) is 3. The van der Waals surface area contributed by atoms with Gasteiger partial charge in [-0.3, -0.25) is 4.79 Å². The van der Waals surface area contributed by atoms with E-state index >= 15 is 0 Å². The summed E-state index contributed by atoms with van der Waals surface area (Å²) in [4.78, 5) is 11.3. The molecule has 0 saturated carbocycles. The molecule has 0 unspecified atom stereocenters. The highest BCUT2D eigenvalue weighted by atomic mass is 32.2. The van der Waals surface area contributed by atoms with Gasteiger partial charge in [0.25, 0.3) is 5.56 Å². The Morgan fingerprint density at radius 1 is 1.43 bits per heavy atom. The third-order valence-electron chi connectivity index (χ3n) is 1.91. The molecule has 1 aromatic rings.